The molecule has 0 fully saturated rings. The lowest BCUT2D eigenvalue weighted by Gasteiger charge is -2.08. The molecule has 4 nitrogen and oxygen atoms in total. The average Bonchev–Trinajstić information content (AvgIpc) is 2.39. The van der Waals surface area contributed by atoms with Crippen LogP contribution in [0.1, 0.15) is 46.0 Å². The second kappa shape index (κ2) is 8.97. The van der Waals surface area contributed by atoms with Gasteiger partial charge >= 0.3 is 0 Å². The third-order valence-electron chi connectivity index (χ3n) is 2.48. The highest BCUT2D eigenvalue weighted by Crippen LogP contribution is 2.22. The average molecular weight is 272 g/mol. The number of nitrogens with one attached hydrogen (secondary N) is 1. The zero-order valence-corrected chi connectivity index (χ0v) is 12.0. The van der Waals surface area contributed by atoms with Crippen LogP contribution in [-0.2, 0) is 0 Å². The molecule has 1 heterocycles. The van der Waals surface area contributed by atoms with Gasteiger partial charge in [0.25, 0.3) is 0 Å². The van der Waals surface area contributed by atoms with Crippen LogP contribution in [0.15, 0.2) is 6.20 Å². The van der Waals surface area contributed by atoms with E-state index < -0.39 is 0 Å². The summed E-state index contributed by atoms with van der Waals surface area (Å²) in [5, 5.41) is 3.58. The summed E-state index contributed by atoms with van der Waals surface area (Å²) in [6.45, 7) is 5.78. The molecule has 1 N–H and O–H groups in total. The fraction of sp³-hybridized carbons (Fsp3) is 0.692. The molecule has 102 valence electrons. The van der Waals surface area contributed by atoms with Crippen LogP contribution in [0.3, 0.4) is 0 Å². The molecule has 5 heteroatoms. The predicted octanol–water partition coefficient (Wildman–Crippen LogP) is 3.91. The van der Waals surface area contributed by atoms with E-state index >= 15 is 0 Å². The largest absolute Gasteiger partial charge is 0.476 e. The molecule has 0 unspecified atom stereocenters. The van der Waals surface area contributed by atoms with Crippen molar-refractivity contribution in [1.29, 1.82) is 0 Å². The topological polar surface area (TPSA) is 47.0 Å². The van der Waals surface area contributed by atoms with Crippen LogP contribution in [0.5, 0.6) is 5.88 Å². The number of hydrogen-bond donors (Lipinski definition) is 1. The molecular formula is C13H22ClN3O. The molecule has 0 aliphatic heterocycles. The van der Waals surface area contributed by atoms with Crippen molar-refractivity contribution in [2.24, 2.45) is 0 Å². The van der Waals surface area contributed by atoms with Gasteiger partial charge in [-0.3, -0.25) is 0 Å². The maximum Gasteiger partial charge on any atom is 0.237 e. The smallest absolute Gasteiger partial charge is 0.237 e. The maximum absolute atomic E-state index is 5.99. The van der Waals surface area contributed by atoms with Crippen LogP contribution >= 0.6 is 11.6 Å². The van der Waals surface area contributed by atoms with Crippen molar-refractivity contribution in [3.63, 3.8) is 0 Å². The van der Waals surface area contributed by atoms with Crippen LogP contribution < -0.4 is 10.1 Å². The Hall–Kier alpha value is -1.03. The van der Waals surface area contributed by atoms with E-state index in [4.69, 9.17) is 16.3 Å². The highest BCUT2D eigenvalue weighted by molar-refractivity contribution is 6.31. The number of aromatic nitrogens is 2. The highest BCUT2D eigenvalue weighted by Gasteiger charge is 2.06. The van der Waals surface area contributed by atoms with Gasteiger partial charge in [0.05, 0.1) is 12.8 Å². The van der Waals surface area contributed by atoms with Crippen LogP contribution in [0, 0.1) is 0 Å². The number of halogens is 1. The molecule has 0 aliphatic carbocycles. The molecule has 0 atom stereocenters. The number of hydrogen-bond acceptors (Lipinski definition) is 4. The Bertz CT molecular complexity index is 347. The van der Waals surface area contributed by atoms with E-state index in [0.29, 0.717) is 23.5 Å². The van der Waals surface area contributed by atoms with Crippen LogP contribution in [0.25, 0.3) is 0 Å². The Morgan fingerprint density at radius 2 is 2.06 bits per heavy atom. The molecule has 0 saturated heterocycles. The van der Waals surface area contributed by atoms with Gasteiger partial charge in [0.15, 0.2) is 0 Å². The first-order chi connectivity index (χ1) is 8.77. The SMILES string of the molecule is CCCCCCOc1nc(NCCC)ncc1Cl. The molecule has 0 spiro atoms. The molecule has 0 radical (unpaired) electrons. The predicted molar refractivity (Wildman–Crippen MR) is 75.5 cm³/mol. The highest BCUT2D eigenvalue weighted by atomic mass is 35.5. The summed E-state index contributed by atoms with van der Waals surface area (Å²) in [5.41, 5.74) is 0. The van der Waals surface area contributed by atoms with Crippen LogP contribution in [0.4, 0.5) is 5.95 Å². The first-order valence-corrected chi connectivity index (χ1v) is 7.05. The summed E-state index contributed by atoms with van der Waals surface area (Å²) in [7, 11) is 0. The number of unbranched alkanes of at least 4 members (excludes halogenated alkanes) is 3. The van der Waals surface area contributed by atoms with E-state index in [9.17, 15) is 0 Å². The first-order valence-electron chi connectivity index (χ1n) is 6.67. The van der Waals surface area contributed by atoms with Gasteiger partial charge in [-0.1, -0.05) is 44.7 Å². The van der Waals surface area contributed by atoms with Gasteiger partial charge in [0.2, 0.25) is 11.8 Å². The molecule has 0 aliphatic rings. The molecule has 0 aromatic carbocycles. The maximum atomic E-state index is 5.99. The van der Waals surface area contributed by atoms with E-state index in [1.54, 1.807) is 6.20 Å². The van der Waals surface area contributed by atoms with E-state index in [2.05, 4.69) is 29.1 Å². The fourth-order valence-electron chi connectivity index (χ4n) is 1.47. The Morgan fingerprint density at radius 1 is 1.22 bits per heavy atom. The Kier molecular flexibility index (Phi) is 7.49. The summed E-state index contributed by atoms with van der Waals surface area (Å²) in [6.07, 6.45) is 7.28. The molecule has 0 amide bonds. The minimum atomic E-state index is 0.465. The van der Waals surface area contributed by atoms with Gasteiger partial charge in [-0.15, -0.1) is 0 Å². The van der Waals surface area contributed by atoms with Crippen molar-refractivity contribution in [2.75, 3.05) is 18.5 Å². The molecular weight excluding hydrogens is 250 g/mol. The molecule has 1 aromatic heterocycles. The summed E-state index contributed by atoms with van der Waals surface area (Å²) in [6, 6.07) is 0. The van der Waals surface area contributed by atoms with Crippen LogP contribution in [0.2, 0.25) is 5.02 Å². The van der Waals surface area contributed by atoms with Gasteiger partial charge in [0, 0.05) is 6.54 Å². The number of rotatable bonds is 9. The van der Waals surface area contributed by atoms with Crippen molar-refractivity contribution in [3.05, 3.63) is 11.2 Å². The summed E-state index contributed by atoms with van der Waals surface area (Å²) in [5.74, 6) is 1.05. The van der Waals surface area contributed by atoms with Crippen molar-refractivity contribution in [2.45, 2.75) is 46.0 Å². The van der Waals surface area contributed by atoms with E-state index in [1.165, 1.54) is 19.3 Å². The molecule has 1 aromatic rings. The van der Waals surface area contributed by atoms with Crippen molar-refractivity contribution in [1.82, 2.24) is 9.97 Å². The monoisotopic (exact) mass is 271 g/mol. The second-order valence-corrected chi connectivity index (χ2v) is 4.59. The quantitative estimate of drug-likeness (QED) is 0.692. The van der Waals surface area contributed by atoms with Gasteiger partial charge in [-0.2, -0.15) is 4.98 Å². The van der Waals surface area contributed by atoms with Crippen molar-refractivity contribution in [3.8, 4) is 5.88 Å². The Morgan fingerprint density at radius 3 is 2.78 bits per heavy atom. The lowest BCUT2D eigenvalue weighted by molar-refractivity contribution is 0.294. The van der Waals surface area contributed by atoms with Gasteiger partial charge < -0.3 is 10.1 Å². The summed E-state index contributed by atoms with van der Waals surface area (Å²) >= 11 is 5.99. The molecule has 18 heavy (non-hydrogen) atoms. The number of nitrogens with zero attached hydrogens (tertiary/aromatic N) is 2. The zero-order chi connectivity index (χ0) is 13.2. The van der Waals surface area contributed by atoms with Crippen molar-refractivity contribution >= 4 is 17.5 Å². The lowest BCUT2D eigenvalue weighted by atomic mass is 10.2. The Balaban J connectivity index is 2.42. The molecule has 0 bridgehead atoms. The zero-order valence-electron chi connectivity index (χ0n) is 11.2. The molecule has 0 saturated carbocycles. The van der Waals surface area contributed by atoms with Gasteiger partial charge in [0.1, 0.15) is 5.02 Å². The Labute approximate surface area is 114 Å². The number of ether oxygens (including phenoxy) is 1. The van der Waals surface area contributed by atoms with Gasteiger partial charge in [-0.05, 0) is 12.8 Å². The minimum Gasteiger partial charge on any atom is -0.476 e. The second-order valence-electron chi connectivity index (χ2n) is 4.18. The summed E-state index contributed by atoms with van der Waals surface area (Å²) < 4.78 is 5.58. The first kappa shape index (κ1) is 15.0. The standard InChI is InChI=1S/C13H22ClN3O/c1-3-5-6-7-9-18-12-11(14)10-16-13(17-12)15-8-4-2/h10H,3-9H2,1-2H3,(H,15,16,17). The number of anilines is 1. The minimum absolute atomic E-state index is 0.465. The van der Waals surface area contributed by atoms with E-state index in [1.807, 2.05) is 0 Å². The van der Waals surface area contributed by atoms with Crippen molar-refractivity contribution < 1.29 is 4.74 Å². The van der Waals surface area contributed by atoms with E-state index in [0.717, 1.165) is 19.4 Å². The summed E-state index contributed by atoms with van der Waals surface area (Å²) in [4.78, 5) is 8.35. The normalized spacial score (nSPS) is 10.4. The third-order valence-corrected chi connectivity index (χ3v) is 2.74. The van der Waals surface area contributed by atoms with Crippen LogP contribution in [-0.4, -0.2) is 23.1 Å². The lowest BCUT2D eigenvalue weighted by Crippen LogP contribution is -2.06. The van der Waals surface area contributed by atoms with E-state index in [-0.39, 0.29) is 0 Å². The fourth-order valence-corrected chi connectivity index (χ4v) is 1.62. The third kappa shape index (κ3) is 5.54. The molecule has 1 rings (SSSR count). The van der Waals surface area contributed by atoms with Gasteiger partial charge in [-0.25, -0.2) is 4.98 Å².